The van der Waals surface area contributed by atoms with Crippen LogP contribution in [0.25, 0.3) is 0 Å². The molecule has 0 radical (unpaired) electrons. The molecule has 2 aromatic carbocycles. The standard InChI is InChI=1S/C18H18BrN5O/c1-11-3-4-12(2)13(9-11)10-24-17(20)16(22-23-24)18(25)21-15-7-5-14(19)6-8-15/h3-9H,10,20H2,1-2H3,(H,21,25). The predicted octanol–water partition coefficient (Wildman–Crippen LogP) is 3.54. The average Bonchev–Trinajstić information content (AvgIpc) is 2.94. The number of amides is 1. The van der Waals surface area contributed by atoms with Crippen LogP contribution in [0.5, 0.6) is 0 Å². The highest BCUT2D eigenvalue weighted by molar-refractivity contribution is 9.10. The number of hydrogen-bond acceptors (Lipinski definition) is 4. The minimum absolute atomic E-state index is 0.119. The second-order valence-corrected chi connectivity index (χ2v) is 6.79. The molecule has 0 saturated heterocycles. The first-order valence-electron chi connectivity index (χ1n) is 7.76. The normalized spacial score (nSPS) is 10.7. The maximum absolute atomic E-state index is 12.4. The van der Waals surface area contributed by atoms with Crippen LogP contribution >= 0.6 is 15.9 Å². The molecule has 25 heavy (non-hydrogen) atoms. The lowest BCUT2D eigenvalue weighted by Gasteiger charge is -2.08. The van der Waals surface area contributed by atoms with Gasteiger partial charge in [-0.05, 0) is 49.2 Å². The molecule has 1 heterocycles. The highest BCUT2D eigenvalue weighted by Crippen LogP contribution is 2.18. The summed E-state index contributed by atoms with van der Waals surface area (Å²) in [5.74, 6) is -0.137. The van der Waals surface area contributed by atoms with E-state index < -0.39 is 0 Å². The number of anilines is 2. The summed E-state index contributed by atoms with van der Waals surface area (Å²) in [7, 11) is 0. The number of carbonyl (C=O) groups is 1. The van der Waals surface area contributed by atoms with Crippen LogP contribution in [0.1, 0.15) is 27.2 Å². The van der Waals surface area contributed by atoms with Gasteiger partial charge in [-0.25, -0.2) is 4.68 Å². The monoisotopic (exact) mass is 399 g/mol. The van der Waals surface area contributed by atoms with Crippen molar-refractivity contribution in [1.82, 2.24) is 15.0 Å². The molecular formula is C18H18BrN5O. The number of hydrogen-bond donors (Lipinski definition) is 2. The molecule has 3 N–H and O–H groups in total. The van der Waals surface area contributed by atoms with Crippen LogP contribution in [-0.4, -0.2) is 20.9 Å². The molecule has 0 aliphatic carbocycles. The van der Waals surface area contributed by atoms with Gasteiger partial charge in [0.2, 0.25) is 0 Å². The van der Waals surface area contributed by atoms with Gasteiger partial charge < -0.3 is 11.1 Å². The molecule has 0 aliphatic rings. The van der Waals surface area contributed by atoms with Crippen LogP contribution in [0.2, 0.25) is 0 Å². The minimum atomic E-state index is -0.382. The smallest absolute Gasteiger partial charge is 0.280 e. The molecule has 7 heteroatoms. The van der Waals surface area contributed by atoms with Crippen LogP contribution in [0, 0.1) is 13.8 Å². The molecule has 0 saturated carbocycles. The summed E-state index contributed by atoms with van der Waals surface area (Å²) in [6.45, 7) is 4.53. The summed E-state index contributed by atoms with van der Waals surface area (Å²) in [5.41, 5.74) is 10.3. The Kier molecular flexibility index (Phi) is 4.85. The van der Waals surface area contributed by atoms with Crippen molar-refractivity contribution in [3.63, 3.8) is 0 Å². The number of rotatable bonds is 4. The van der Waals surface area contributed by atoms with Gasteiger partial charge in [0.1, 0.15) is 0 Å². The summed E-state index contributed by atoms with van der Waals surface area (Å²) in [6.07, 6.45) is 0. The number of nitrogens with one attached hydrogen (secondary N) is 1. The fourth-order valence-electron chi connectivity index (χ4n) is 2.45. The lowest BCUT2D eigenvalue weighted by atomic mass is 10.1. The second-order valence-electron chi connectivity index (χ2n) is 5.87. The number of halogens is 1. The number of benzene rings is 2. The molecule has 3 rings (SSSR count). The van der Waals surface area contributed by atoms with E-state index in [2.05, 4.69) is 49.8 Å². The van der Waals surface area contributed by atoms with Crippen molar-refractivity contribution >= 4 is 33.3 Å². The Hall–Kier alpha value is -2.67. The van der Waals surface area contributed by atoms with Crippen molar-refractivity contribution in [2.24, 2.45) is 0 Å². The van der Waals surface area contributed by atoms with E-state index in [0.717, 1.165) is 21.2 Å². The van der Waals surface area contributed by atoms with E-state index >= 15 is 0 Å². The van der Waals surface area contributed by atoms with Gasteiger partial charge in [0.25, 0.3) is 5.91 Å². The topological polar surface area (TPSA) is 85.8 Å². The Morgan fingerprint density at radius 3 is 2.64 bits per heavy atom. The van der Waals surface area contributed by atoms with Crippen LogP contribution in [0.4, 0.5) is 11.5 Å². The Labute approximate surface area is 154 Å². The third kappa shape index (κ3) is 3.88. The number of nitrogens with zero attached hydrogens (tertiary/aromatic N) is 3. The van der Waals surface area contributed by atoms with Gasteiger partial charge in [0.05, 0.1) is 6.54 Å². The van der Waals surface area contributed by atoms with E-state index in [1.165, 1.54) is 4.68 Å². The van der Waals surface area contributed by atoms with Crippen molar-refractivity contribution < 1.29 is 4.79 Å². The Bertz CT molecular complexity index is 918. The van der Waals surface area contributed by atoms with E-state index in [0.29, 0.717) is 12.2 Å². The summed E-state index contributed by atoms with van der Waals surface area (Å²) >= 11 is 3.36. The number of aryl methyl sites for hydroxylation is 2. The Morgan fingerprint density at radius 1 is 1.20 bits per heavy atom. The Balaban J connectivity index is 1.79. The van der Waals surface area contributed by atoms with E-state index in [-0.39, 0.29) is 17.4 Å². The maximum atomic E-state index is 12.4. The summed E-state index contributed by atoms with van der Waals surface area (Å²) in [4.78, 5) is 12.4. The van der Waals surface area contributed by atoms with E-state index in [1.54, 1.807) is 12.1 Å². The molecule has 1 amide bonds. The van der Waals surface area contributed by atoms with Crippen molar-refractivity contribution in [1.29, 1.82) is 0 Å². The summed E-state index contributed by atoms with van der Waals surface area (Å²) < 4.78 is 2.47. The highest BCUT2D eigenvalue weighted by atomic mass is 79.9. The number of aromatic nitrogens is 3. The SMILES string of the molecule is Cc1ccc(C)c(Cn2nnc(C(=O)Nc3ccc(Br)cc3)c2N)c1. The van der Waals surface area contributed by atoms with Crippen molar-refractivity contribution in [3.05, 3.63) is 69.3 Å². The lowest BCUT2D eigenvalue weighted by Crippen LogP contribution is -2.15. The molecule has 0 bridgehead atoms. The van der Waals surface area contributed by atoms with Gasteiger partial charge in [0.15, 0.2) is 11.5 Å². The average molecular weight is 400 g/mol. The molecule has 1 aromatic heterocycles. The van der Waals surface area contributed by atoms with Crippen molar-refractivity contribution in [3.8, 4) is 0 Å². The maximum Gasteiger partial charge on any atom is 0.280 e. The molecular weight excluding hydrogens is 382 g/mol. The van der Waals surface area contributed by atoms with Crippen LogP contribution in [0.15, 0.2) is 46.9 Å². The molecule has 0 aliphatic heterocycles. The molecule has 0 unspecified atom stereocenters. The first-order chi connectivity index (χ1) is 11.9. The molecule has 0 atom stereocenters. The fourth-order valence-corrected chi connectivity index (χ4v) is 2.72. The van der Waals surface area contributed by atoms with Gasteiger partial charge in [-0.15, -0.1) is 5.10 Å². The first kappa shape index (κ1) is 17.2. The molecule has 128 valence electrons. The number of nitrogen functional groups attached to an aromatic ring is 1. The van der Waals surface area contributed by atoms with Gasteiger partial charge in [-0.1, -0.05) is 44.9 Å². The van der Waals surface area contributed by atoms with Gasteiger partial charge >= 0.3 is 0 Å². The quantitative estimate of drug-likeness (QED) is 0.702. The fraction of sp³-hybridized carbons (Fsp3) is 0.167. The van der Waals surface area contributed by atoms with Crippen LogP contribution in [-0.2, 0) is 6.54 Å². The largest absolute Gasteiger partial charge is 0.382 e. The zero-order valence-electron chi connectivity index (χ0n) is 14.0. The van der Waals surface area contributed by atoms with Gasteiger partial charge in [-0.3, -0.25) is 4.79 Å². The summed E-state index contributed by atoms with van der Waals surface area (Å²) in [6, 6.07) is 13.5. The van der Waals surface area contributed by atoms with Crippen LogP contribution in [0.3, 0.4) is 0 Å². The lowest BCUT2D eigenvalue weighted by molar-refractivity contribution is 0.102. The molecule has 0 spiro atoms. The zero-order chi connectivity index (χ0) is 18.0. The number of nitrogens with two attached hydrogens (primary N) is 1. The van der Waals surface area contributed by atoms with Crippen molar-refractivity contribution in [2.45, 2.75) is 20.4 Å². The summed E-state index contributed by atoms with van der Waals surface area (Å²) in [5, 5.41) is 10.7. The molecule has 0 fully saturated rings. The first-order valence-corrected chi connectivity index (χ1v) is 8.55. The van der Waals surface area contributed by atoms with Gasteiger partial charge in [-0.2, -0.15) is 0 Å². The van der Waals surface area contributed by atoms with Gasteiger partial charge in [0, 0.05) is 10.2 Å². The third-order valence-corrected chi connectivity index (χ3v) is 4.44. The van der Waals surface area contributed by atoms with Crippen LogP contribution < -0.4 is 11.1 Å². The van der Waals surface area contributed by atoms with E-state index in [9.17, 15) is 4.79 Å². The highest BCUT2D eigenvalue weighted by Gasteiger charge is 2.18. The molecule has 3 aromatic rings. The van der Waals surface area contributed by atoms with Crippen molar-refractivity contribution in [2.75, 3.05) is 11.1 Å². The zero-order valence-corrected chi connectivity index (χ0v) is 15.5. The minimum Gasteiger partial charge on any atom is -0.382 e. The molecule has 6 nitrogen and oxygen atoms in total. The second kappa shape index (κ2) is 7.06. The third-order valence-electron chi connectivity index (χ3n) is 3.92. The Morgan fingerprint density at radius 2 is 1.92 bits per heavy atom. The predicted molar refractivity (Wildman–Crippen MR) is 102 cm³/mol. The van der Waals surface area contributed by atoms with E-state index in [4.69, 9.17) is 5.73 Å². The van der Waals surface area contributed by atoms with E-state index in [1.807, 2.05) is 26.0 Å². The number of carbonyl (C=O) groups excluding carboxylic acids is 1.